The van der Waals surface area contributed by atoms with Gasteiger partial charge in [0.2, 0.25) is 0 Å². The third-order valence-electron chi connectivity index (χ3n) is 1.78. The van der Waals surface area contributed by atoms with E-state index in [-0.39, 0.29) is 10.8 Å². The molecule has 72 valence electrons. The summed E-state index contributed by atoms with van der Waals surface area (Å²) >= 11 is 3.08. The van der Waals surface area contributed by atoms with Gasteiger partial charge in [-0.1, -0.05) is 11.3 Å². The van der Waals surface area contributed by atoms with E-state index in [4.69, 9.17) is 0 Å². The molecule has 0 fully saturated rings. The molecule has 1 aromatic carbocycles. The topological polar surface area (TPSA) is 63.4 Å². The Kier molecular flexibility index (Phi) is 2.31. The number of phenols is 1. The van der Waals surface area contributed by atoms with Crippen LogP contribution in [0.15, 0.2) is 18.2 Å². The predicted molar refractivity (Wildman–Crippen MR) is 62.9 cm³/mol. The van der Waals surface area contributed by atoms with Crippen molar-refractivity contribution in [2.45, 2.75) is 0 Å². The van der Waals surface area contributed by atoms with Gasteiger partial charge in [0.05, 0.1) is 9.62 Å². The zero-order chi connectivity index (χ0) is 10.3. The number of nitrogens with zero attached hydrogens (tertiary/aromatic N) is 1. The molecule has 0 amide bonds. The fourth-order valence-corrected chi connectivity index (χ4v) is 2.85. The van der Waals surface area contributed by atoms with Gasteiger partial charge in [-0.15, -0.1) is 0 Å². The highest BCUT2D eigenvalue weighted by atomic mass is 127. The lowest BCUT2D eigenvalue weighted by Crippen LogP contribution is -1.80. The zero-order valence-corrected chi connectivity index (χ0v) is 9.70. The summed E-state index contributed by atoms with van der Waals surface area (Å²) in [4.78, 5) is 10.1. The summed E-state index contributed by atoms with van der Waals surface area (Å²) in [6.45, 7) is 0. The lowest BCUT2D eigenvalue weighted by molar-refractivity contribution is -0.380. The second-order valence-corrected chi connectivity index (χ2v) is 4.84. The maximum atomic E-state index is 10.5. The molecule has 0 aliphatic heterocycles. The average molecular weight is 321 g/mol. The molecule has 0 bridgehead atoms. The number of phenolic OH excluding ortho intramolecular Hbond substituents is 1. The first-order chi connectivity index (χ1) is 6.59. The Labute approximate surface area is 96.5 Å². The Morgan fingerprint density at radius 3 is 2.79 bits per heavy atom. The number of benzene rings is 1. The van der Waals surface area contributed by atoms with E-state index in [0.717, 1.165) is 20.3 Å². The van der Waals surface area contributed by atoms with E-state index in [0.29, 0.717) is 4.70 Å². The number of hydrogen-bond donors (Lipinski definition) is 1. The Hall–Kier alpha value is -0.890. The van der Waals surface area contributed by atoms with Crippen LogP contribution in [0.4, 0.5) is 5.00 Å². The number of nitro groups is 1. The van der Waals surface area contributed by atoms with E-state index in [1.54, 1.807) is 12.1 Å². The molecular weight excluding hydrogens is 317 g/mol. The van der Waals surface area contributed by atoms with Crippen LogP contribution >= 0.6 is 33.9 Å². The third-order valence-corrected chi connectivity index (χ3v) is 3.83. The molecule has 0 saturated heterocycles. The number of rotatable bonds is 1. The van der Waals surface area contributed by atoms with Gasteiger partial charge in [0, 0.05) is 15.0 Å². The van der Waals surface area contributed by atoms with Gasteiger partial charge in [-0.2, -0.15) is 0 Å². The lowest BCUT2D eigenvalue weighted by Gasteiger charge is -1.94. The average Bonchev–Trinajstić information content (AvgIpc) is 2.57. The van der Waals surface area contributed by atoms with Crippen LogP contribution < -0.4 is 0 Å². The second kappa shape index (κ2) is 3.35. The van der Waals surface area contributed by atoms with E-state index in [1.165, 1.54) is 6.07 Å². The zero-order valence-electron chi connectivity index (χ0n) is 6.73. The fraction of sp³-hybridized carbons (Fsp3) is 0. The van der Waals surface area contributed by atoms with Gasteiger partial charge in [0.25, 0.3) is 0 Å². The van der Waals surface area contributed by atoms with Crippen molar-refractivity contribution >= 4 is 49.0 Å². The van der Waals surface area contributed by atoms with Crippen molar-refractivity contribution < 1.29 is 10.0 Å². The van der Waals surface area contributed by atoms with Crippen molar-refractivity contribution in [1.82, 2.24) is 0 Å². The summed E-state index contributed by atoms with van der Waals surface area (Å²) in [5.41, 5.74) is 0. The molecule has 0 unspecified atom stereocenters. The summed E-state index contributed by atoms with van der Waals surface area (Å²) in [6, 6.07) is 4.76. The van der Waals surface area contributed by atoms with Gasteiger partial charge in [-0.25, -0.2) is 0 Å². The van der Waals surface area contributed by atoms with Crippen molar-refractivity contribution in [3.63, 3.8) is 0 Å². The largest absolute Gasteiger partial charge is 0.506 e. The maximum absolute atomic E-state index is 10.5. The van der Waals surface area contributed by atoms with Crippen molar-refractivity contribution in [1.29, 1.82) is 0 Å². The van der Waals surface area contributed by atoms with Crippen LogP contribution in [-0.4, -0.2) is 10.0 Å². The van der Waals surface area contributed by atoms with Crippen molar-refractivity contribution in [3.05, 3.63) is 31.9 Å². The monoisotopic (exact) mass is 321 g/mol. The van der Waals surface area contributed by atoms with Crippen LogP contribution in [0.3, 0.4) is 0 Å². The molecule has 0 atom stereocenters. The molecule has 14 heavy (non-hydrogen) atoms. The molecule has 1 aromatic heterocycles. The maximum Gasteiger partial charge on any atom is 0.325 e. The SMILES string of the molecule is O=[N+]([O-])c1cc2c(I)ccc(O)c2s1. The molecule has 0 radical (unpaired) electrons. The van der Waals surface area contributed by atoms with Crippen molar-refractivity contribution in [2.75, 3.05) is 0 Å². The molecule has 0 saturated carbocycles. The van der Waals surface area contributed by atoms with E-state index >= 15 is 0 Å². The summed E-state index contributed by atoms with van der Waals surface area (Å²) in [7, 11) is 0. The summed E-state index contributed by atoms with van der Waals surface area (Å²) < 4.78 is 1.48. The van der Waals surface area contributed by atoms with E-state index in [2.05, 4.69) is 22.6 Å². The lowest BCUT2D eigenvalue weighted by atomic mass is 10.2. The highest BCUT2D eigenvalue weighted by Gasteiger charge is 2.15. The fourth-order valence-electron chi connectivity index (χ4n) is 1.15. The first kappa shape index (κ1) is 9.66. The molecule has 1 N–H and O–H groups in total. The second-order valence-electron chi connectivity index (χ2n) is 2.65. The van der Waals surface area contributed by atoms with Crippen LogP contribution in [0.25, 0.3) is 10.1 Å². The van der Waals surface area contributed by atoms with Gasteiger partial charge in [0.1, 0.15) is 5.75 Å². The van der Waals surface area contributed by atoms with Crippen LogP contribution in [0.2, 0.25) is 0 Å². The quantitative estimate of drug-likeness (QED) is 0.499. The Morgan fingerprint density at radius 1 is 1.50 bits per heavy atom. The molecule has 2 rings (SSSR count). The molecule has 0 aliphatic carbocycles. The molecule has 4 nitrogen and oxygen atoms in total. The summed E-state index contributed by atoms with van der Waals surface area (Å²) in [5, 5.41) is 20.8. The Balaban J connectivity index is 2.82. The molecule has 0 spiro atoms. The highest BCUT2D eigenvalue weighted by Crippen LogP contribution is 2.38. The summed E-state index contributed by atoms with van der Waals surface area (Å²) in [5.74, 6) is 0.0958. The molecule has 1 heterocycles. The van der Waals surface area contributed by atoms with Crippen LogP contribution in [0.5, 0.6) is 5.75 Å². The summed E-state index contributed by atoms with van der Waals surface area (Å²) in [6.07, 6.45) is 0. The highest BCUT2D eigenvalue weighted by molar-refractivity contribution is 14.1. The van der Waals surface area contributed by atoms with Crippen molar-refractivity contribution in [2.24, 2.45) is 0 Å². The van der Waals surface area contributed by atoms with Crippen LogP contribution in [0.1, 0.15) is 0 Å². The first-order valence-electron chi connectivity index (χ1n) is 3.65. The Morgan fingerprint density at radius 2 is 2.21 bits per heavy atom. The van der Waals surface area contributed by atoms with Gasteiger partial charge in [0.15, 0.2) is 0 Å². The van der Waals surface area contributed by atoms with Crippen LogP contribution in [0, 0.1) is 13.7 Å². The number of aromatic hydroxyl groups is 1. The van der Waals surface area contributed by atoms with Gasteiger partial charge < -0.3 is 5.11 Å². The Bertz CT molecular complexity index is 484. The first-order valence-corrected chi connectivity index (χ1v) is 5.54. The predicted octanol–water partition coefficient (Wildman–Crippen LogP) is 3.12. The third kappa shape index (κ3) is 1.44. The van der Waals surface area contributed by atoms with Crippen LogP contribution in [-0.2, 0) is 0 Å². The van der Waals surface area contributed by atoms with Gasteiger partial charge in [-0.05, 0) is 34.7 Å². The number of hydrogen-bond acceptors (Lipinski definition) is 4. The minimum Gasteiger partial charge on any atom is -0.506 e. The molecule has 0 aliphatic rings. The van der Waals surface area contributed by atoms with E-state index in [9.17, 15) is 15.2 Å². The smallest absolute Gasteiger partial charge is 0.325 e. The van der Waals surface area contributed by atoms with Crippen molar-refractivity contribution in [3.8, 4) is 5.75 Å². The number of thiophene rings is 1. The number of fused-ring (bicyclic) bond motifs is 1. The van der Waals surface area contributed by atoms with E-state index < -0.39 is 4.92 Å². The molecule has 6 heteroatoms. The molecular formula is C8H4INO3S. The minimum atomic E-state index is -0.444. The van der Waals surface area contributed by atoms with E-state index in [1.807, 2.05) is 0 Å². The number of halogens is 1. The molecule has 2 aromatic rings. The standard InChI is InChI=1S/C8H4INO3S/c9-5-1-2-6(11)8-4(5)3-7(14-8)10(12)13/h1-3,11H. The van der Waals surface area contributed by atoms with Gasteiger partial charge >= 0.3 is 5.00 Å². The minimum absolute atomic E-state index is 0.0550. The van der Waals surface area contributed by atoms with Gasteiger partial charge in [-0.3, -0.25) is 10.1 Å². The normalized spacial score (nSPS) is 10.6.